The lowest BCUT2D eigenvalue weighted by molar-refractivity contribution is -0.121. The molecule has 2 aliphatic rings. The van der Waals surface area contributed by atoms with Crippen LogP contribution in [0.1, 0.15) is 19.3 Å². The van der Waals surface area contributed by atoms with E-state index in [1.54, 1.807) is 24.1 Å². The van der Waals surface area contributed by atoms with Crippen LogP contribution in [0, 0.1) is 5.82 Å². The number of amides is 1. The number of anilines is 3. The predicted molar refractivity (Wildman–Crippen MR) is 147 cm³/mol. The third-order valence-electron chi connectivity index (χ3n) is 7.64. The van der Waals surface area contributed by atoms with E-state index >= 15 is 0 Å². The number of aromatic nitrogens is 5. The molecule has 204 valence electrons. The molecule has 3 aromatic heterocycles. The van der Waals surface area contributed by atoms with Gasteiger partial charge in [0, 0.05) is 36.8 Å². The Morgan fingerprint density at radius 3 is 2.87 bits per heavy atom. The number of hydrogen-bond acceptors (Lipinski definition) is 8. The largest absolute Gasteiger partial charge is 0.478 e. The highest BCUT2D eigenvalue weighted by atomic mass is 19.1. The zero-order valence-corrected chi connectivity index (χ0v) is 22.2. The summed E-state index contributed by atoms with van der Waals surface area (Å²) in [7, 11) is 5.42. The van der Waals surface area contributed by atoms with Gasteiger partial charge in [0.25, 0.3) is 5.88 Å². The Morgan fingerprint density at radius 2 is 2.08 bits per heavy atom. The first-order chi connectivity index (χ1) is 18.9. The fraction of sp³-hybridized carbons (Fsp3) is 0.407. The summed E-state index contributed by atoms with van der Waals surface area (Å²) < 4.78 is 21.9. The maximum absolute atomic E-state index is 15.0. The fourth-order valence-corrected chi connectivity index (χ4v) is 5.80. The number of rotatable bonds is 7. The summed E-state index contributed by atoms with van der Waals surface area (Å²) in [5, 5.41) is 11.1. The number of nitrogens with zero attached hydrogens (tertiary/aromatic N) is 6. The normalized spacial score (nSPS) is 20.1. The predicted octanol–water partition coefficient (Wildman–Crippen LogP) is 3.36. The van der Waals surface area contributed by atoms with Gasteiger partial charge >= 0.3 is 0 Å². The average molecular weight is 534 g/mol. The van der Waals surface area contributed by atoms with Crippen LogP contribution in [0.4, 0.5) is 21.7 Å². The molecule has 0 aliphatic carbocycles. The summed E-state index contributed by atoms with van der Waals surface area (Å²) in [5.41, 5.74) is 2.64. The first-order valence-corrected chi connectivity index (χ1v) is 13.1. The van der Waals surface area contributed by atoms with Gasteiger partial charge in [0.1, 0.15) is 11.4 Å². The molecule has 0 radical (unpaired) electrons. The van der Waals surface area contributed by atoms with Crippen LogP contribution in [0.15, 0.2) is 36.8 Å². The topological polar surface area (TPSA) is 116 Å². The Labute approximate surface area is 225 Å². The molecule has 2 atom stereocenters. The number of likely N-dealkylation sites (tertiary alicyclic amines) is 2. The molecule has 0 bridgehead atoms. The molecule has 2 saturated heterocycles. The fourth-order valence-electron chi connectivity index (χ4n) is 5.80. The van der Waals surface area contributed by atoms with Gasteiger partial charge in [-0.2, -0.15) is 0 Å². The minimum Gasteiger partial charge on any atom is -0.478 e. The molecule has 4 aromatic rings. The van der Waals surface area contributed by atoms with Crippen LogP contribution in [0.5, 0.6) is 5.88 Å². The van der Waals surface area contributed by atoms with E-state index in [0.29, 0.717) is 34.4 Å². The summed E-state index contributed by atoms with van der Waals surface area (Å²) in [6.07, 6.45) is 7.52. The molecule has 6 rings (SSSR count). The summed E-state index contributed by atoms with van der Waals surface area (Å²) in [6.45, 7) is 3.00. The van der Waals surface area contributed by atoms with Crippen LogP contribution in [-0.4, -0.2) is 86.3 Å². The quantitative estimate of drug-likeness (QED) is 0.331. The average Bonchev–Trinajstić information content (AvgIpc) is 3.71. The van der Waals surface area contributed by atoms with Crippen molar-refractivity contribution in [2.45, 2.75) is 31.3 Å². The first-order valence-electron chi connectivity index (χ1n) is 13.1. The lowest BCUT2D eigenvalue weighted by atomic mass is 10.1. The number of aryl methyl sites for hydroxylation is 1. The molecule has 0 spiro atoms. The van der Waals surface area contributed by atoms with Gasteiger partial charge in [-0.15, -0.1) is 5.10 Å². The monoisotopic (exact) mass is 533 g/mol. The molecule has 5 heterocycles. The van der Waals surface area contributed by atoms with Crippen molar-refractivity contribution in [3.05, 3.63) is 42.6 Å². The van der Waals surface area contributed by atoms with E-state index in [2.05, 4.69) is 47.5 Å². The van der Waals surface area contributed by atoms with Crippen molar-refractivity contribution in [1.82, 2.24) is 34.5 Å². The van der Waals surface area contributed by atoms with Gasteiger partial charge in [0.2, 0.25) is 11.9 Å². The minimum atomic E-state index is -0.558. The third-order valence-corrected chi connectivity index (χ3v) is 7.64. The molecule has 0 unspecified atom stereocenters. The second-order valence-corrected chi connectivity index (χ2v) is 10.3. The number of para-hydroxylation sites is 1. The SMILES string of the molecule is COc1nn(C)cc1Nc1ncc(F)c(-c2c[nH]c3c(NC(=O)[C@H]4CCCN4[C@@H]4CCN(C)C4)cccc23)n1. The number of nitrogens with one attached hydrogen (secondary N) is 3. The van der Waals surface area contributed by atoms with Gasteiger partial charge in [-0.3, -0.25) is 14.4 Å². The maximum Gasteiger partial charge on any atom is 0.256 e. The standard InChI is InChI=1S/C27H32FN9O2/c1-35-11-9-16(14-35)37-10-5-8-22(37)25(38)31-20-7-4-6-17-18(12-29-24(17)20)23-19(28)13-30-27(33-23)32-21-15-36(2)34-26(21)39-3/h4,6-7,12-13,15-16,22,29H,5,8-11,14H2,1-3H3,(H,31,38)(H,30,32,33)/t16-,22-/m1/s1. The minimum absolute atomic E-state index is 0.00387. The highest BCUT2D eigenvalue weighted by Crippen LogP contribution is 2.34. The number of carbonyl (C=O) groups is 1. The van der Waals surface area contributed by atoms with Crippen LogP contribution >= 0.6 is 0 Å². The van der Waals surface area contributed by atoms with E-state index in [-0.39, 0.29) is 23.6 Å². The second-order valence-electron chi connectivity index (χ2n) is 10.3. The second kappa shape index (κ2) is 10.3. The van der Waals surface area contributed by atoms with Crippen LogP contribution in [0.3, 0.4) is 0 Å². The smallest absolute Gasteiger partial charge is 0.256 e. The molecule has 2 fully saturated rings. The number of hydrogen-bond donors (Lipinski definition) is 3. The van der Waals surface area contributed by atoms with Crippen LogP contribution in [0.25, 0.3) is 22.2 Å². The van der Waals surface area contributed by atoms with Crippen LogP contribution < -0.4 is 15.4 Å². The molecule has 3 N–H and O–H groups in total. The number of ether oxygens (including phenoxy) is 1. The van der Waals surface area contributed by atoms with Crippen LogP contribution in [0.2, 0.25) is 0 Å². The summed E-state index contributed by atoms with van der Waals surface area (Å²) in [4.78, 5) is 29.9. The van der Waals surface area contributed by atoms with E-state index in [0.717, 1.165) is 50.5 Å². The number of H-pyrrole nitrogens is 1. The Bertz CT molecular complexity index is 1520. The number of likely N-dealkylation sites (N-methyl/N-ethyl adjacent to an activating group) is 1. The summed E-state index contributed by atoms with van der Waals surface area (Å²) >= 11 is 0. The molecule has 39 heavy (non-hydrogen) atoms. The number of methoxy groups -OCH3 is 1. The van der Waals surface area contributed by atoms with Crippen molar-refractivity contribution < 1.29 is 13.9 Å². The van der Waals surface area contributed by atoms with Crippen molar-refractivity contribution in [2.75, 3.05) is 44.4 Å². The Hall–Kier alpha value is -4.03. The molecule has 1 amide bonds. The van der Waals surface area contributed by atoms with Gasteiger partial charge in [0.05, 0.1) is 36.7 Å². The summed E-state index contributed by atoms with van der Waals surface area (Å²) in [6, 6.07) is 5.86. The van der Waals surface area contributed by atoms with Crippen molar-refractivity contribution in [3.8, 4) is 17.1 Å². The molecule has 12 heteroatoms. The zero-order valence-electron chi connectivity index (χ0n) is 22.2. The Morgan fingerprint density at radius 1 is 1.21 bits per heavy atom. The van der Waals surface area contributed by atoms with Gasteiger partial charge < -0.3 is 25.3 Å². The molecule has 0 saturated carbocycles. The lowest BCUT2D eigenvalue weighted by Crippen LogP contribution is -2.46. The molecule has 2 aliphatic heterocycles. The van der Waals surface area contributed by atoms with Crippen molar-refractivity contribution in [1.29, 1.82) is 0 Å². The van der Waals surface area contributed by atoms with Crippen LogP contribution in [-0.2, 0) is 11.8 Å². The highest BCUT2D eigenvalue weighted by molar-refractivity contribution is 6.06. The van der Waals surface area contributed by atoms with E-state index in [1.807, 2.05) is 18.2 Å². The number of carbonyl (C=O) groups excluding carboxylic acids is 1. The van der Waals surface area contributed by atoms with Gasteiger partial charge in [-0.25, -0.2) is 14.4 Å². The Balaban J connectivity index is 1.26. The lowest BCUT2D eigenvalue weighted by Gasteiger charge is -2.29. The molecular weight excluding hydrogens is 501 g/mol. The third kappa shape index (κ3) is 4.81. The Kier molecular flexibility index (Phi) is 6.65. The van der Waals surface area contributed by atoms with Crippen molar-refractivity contribution in [2.24, 2.45) is 7.05 Å². The first kappa shape index (κ1) is 25.3. The van der Waals surface area contributed by atoms with Crippen molar-refractivity contribution in [3.63, 3.8) is 0 Å². The number of benzene rings is 1. The van der Waals surface area contributed by atoms with Gasteiger partial charge in [0.15, 0.2) is 5.82 Å². The molecule has 1 aromatic carbocycles. The highest BCUT2D eigenvalue weighted by Gasteiger charge is 2.37. The van der Waals surface area contributed by atoms with E-state index in [1.165, 1.54) is 7.11 Å². The zero-order chi connectivity index (χ0) is 27.1. The van der Waals surface area contributed by atoms with Gasteiger partial charge in [-0.1, -0.05) is 12.1 Å². The number of halogens is 1. The van der Waals surface area contributed by atoms with E-state index < -0.39 is 5.82 Å². The number of aromatic amines is 1. The van der Waals surface area contributed by atoms with E-state index in [9.17, 15) is 9.18 Å². The van der Waals surface area contributed by atoms with E-state index in [4.69, 9.17) is 4.74 Å². The maximum atomic E-state index is 15.0. The number of fused-ring (bicyclic) bond motifs is 1. The van der Waals surface area contributed by atoms with Gasteiger partial charge in [-0.05, 0) is 45.5 Å². The molecule has 11 nitrogen and oxygen atoms in total. The summed E-state index contributed by atoms with van der Waals surface area (Å²) in [5.74, 6) is 0.0172. The van der Waals surface area contributed by atoms with Crippen molar-refractivity contribution >= 4 is 34.1 Å². The molecular formula is C27H32FN9O2.